The van der Waals surface area contributed by atoms with E-state index in [0.717, 1.165) is 11.1 Å². The number of nitrogens with one attached hydrogen (secondary N) is 1. The summed E-state index contributed by atoms with van der Waals surface area (Å²) in [4.78, 5) is 22.1. The van der Waals surface area contributed by atoms with Crippen LogP contribution in [0.15, 0.2) is 48.5 Å². The van der Waals surface area contributed by atoms with E-state index < -0.39 is 11.7 Å². The first-order chi connectivity index (χ1) is 10.0. The van der Waals surface area contributed by atoms with Crippen molar-refractivity contribution in [3.05, 3.63) is 65.2 Å². The molecule has 1 N–H and O–H groups in total. The van der Waals surface area contributed by atoms with Crippen LogP contribution in [0.1, 0.15) is 23.6 Å². The number of ketones is 1. The molecule has 0 aromatic heterocycles. The van der Waals surface area contributed by atoms with Gasteiger partial charge in [-0.3, -0.25) is 9.59 Å². The molecule has 0 bridgehead atoms. The van der Waals surface area contributed by atoms with Crippen molar-refractivity contribution in [1.29, 1.82) is 0 Å². The topological polar surface area (TPSA) is 46.2 Å². The number of hydrogen-bond acceptors (Lipinski definition) is 2. The van der Waals surface area contributed by atoms with E-state index >= 15 is 0 Å². The Balaban J connectivity index is 2.10. The van der Waals surface area contributed by atoms with Crippen LogP contribution in [-0.2, 0) is 9.59 Å². The number of rotatable bonds is 2. The van der Waals surface area contributed by atoms with E-state index in [1.165, 1.54) is 12.5 Å². The zero-order valence-electron chi connectivity index (χ0n) is 11.9. The minimum Gasteiger partial charge on any atom is -0.319 e. The summed E-state index contributed by atoms with van der Waals surface area (Å²) in [5.74, 6) is 5.02. The highest BCUT2D eigenvalue weighted by Crippen LogP contribution is 2.09. The van der Waals surface area contributed by atoms with Crippen LogP contribution < -0.4 is 5.32 Å². The highest BCUT2D eigenvalue weighted by Gasteiger charge is 2.06. The minimum atomic E-state index is -0.617. The molecular weight excluding hydrogens is 262 g/mol. The summed E-state index contributed by atoms with van der Waals surface area (Å²) in [6.45, 7) is 3.26. The molecule has 2 aromatic carbocycles. The van der Waals surface area contributed by atoms with Gasteiger partial charge in [0.2, 0.25) is 5.78 Å². The molecule has 0 heterocycles. The van der Waals surface area contributed by atoms with Crippen molar-refractivity contribution in [3.8, 4) is 11.8 Å². The molecule has 0 unspecified atom stereocenters. The van der Waals surface area contributed by atoms with Crippen LogP contribution in [0.2, 0.25) is 0 Å². The van der Waals surface area contributed by atoms with Gasteiger partial charge in [-0.05, 0) is 48.9 Å². The largest absolute Gasteiger partial charge is 0.319 e. The van der Waals surface area contributed by atoms with E-state index in [4.69, 9.17) is 0 Å². The van der Waals surface area contributed by atoms with Crippen molar-refractivity contribution in [2.45, 2.75) is 13.8 Å². The normalized spacial score (nSPS) is 9.43. The Kier molecular flexibility index (Phi) is 4.53. The van der Waals surface area contributed by atoms with Gasteiger partial charge in [-0.1, -0.05) is 24.0 Å². The maximum Gasteiger partial charge on any atom is 0.291 e. The number of benzene rings is 2. The molecule has 0 atom stereocenters. The first kappa shape index (κ1) is 14.5. The fourth-order valence-corrected chi connectivity index (χ4v) is 1.72. The molecule has 0 radical (unpaired) electrons. The Morgan fingerprint density at radius 3 is 2.24 bits per heavy atom. The van der Waals surface area contributed by atoms with Gasteiger partial charge < -0.3 is 5.32 Å². The fraction of sp³-hybridized carbons (Fsp3) is 0.111. The molecule has 2 rings (SSSR count). The average molecular weight is 277 g/mol. The zero-order chi connectivity index (χ0) is 15.2. The number of hydrogen-bond donors (Lipinski definition) is 1. The second kappa shape index (κ2) is 6.53. The molecule has 3 heteroatoms. The Morgan fingerprint density at radius 2 is 1.62 bits per heavy atom. The number of aryl methyl sites for hydroxylation is 1. The summed E-state index contributed by atoms with van der Waals surface area (Å²) < 4.78 is 0. The summed E-state index contributed by atoms with van der Waals surface area (Å²) >= 11 is 0. The first-order valence-electron chi connectivity index (χ1n) is 6.55. The van der Waals surface area contributed by atoms with Crippen LogP contribution in [0.4, 0.5) is 5.69 Å². The second-order valence-corrected chi connectivity index (χ2v) is 4.71. The lowest BCUT2D eigenvalue weighted by Crippen LogP contribution is -2.19. The lowest BCUT2D eigenvalue weighted by Gasteiger charge is -2.02. The van der Waals surface area contributed by atoms with E-state index in [0.29, 0.717) is 5.69 Å². The average Bonchev–Trinajstić information content (AvgIpc) is 2.46. The Labute approximate surface area is 124 Å². The molecular formula is C18H15NO2. The van der Waals surface area contributed by atoms with Crippen LogP contribution in [0.5, 0.6) is 0 Å². The molecule has 0 saturated carbocycles. The predicted molar refractivity (Wildman–Crippen MR) is 82.9 cm³/mol. The molecule has 0 fully saturated rings. The van der Waals surface area contributed by atoms with Gasteiger partial charge in [-0.2, -0.15) is 0 Å². The maximum absolute atomic E-state index is 11.3. The van der Waals surface area contributed by atoms with Crippen LogP contribution in [0.25, 0.3) is 0 Å². The molecule has 0 aliphatic rings. The number of carbonyl (C=O) groups excluding carboxylic acids is 2. The van der Waals surface area contributed by atoms with Gasteiger partial charge in [-0.15, -0.1) is 0 Å². The first-order valence-corrected chi connectivity index (χ1v) is 6.55. The Bertz CT molecular complexity index is 734. The Hall–Kier alpha value is -2.86. The van der Waals surface area contributed by atoms with Crippen molar-refractivity contribution in [2.75, 3.05) is 5.32 Å². The lowest BCUT2D eigenvalue weighted by atomic mass is 10.1. The van der Waals surface area contributed by atoms with Gasteiger partial charge in [-0.25, -0.2) is 0 Å². The maximum atomic E-state index is 11.3. The minimum absolute atomic E-state index is 0.515. The monoisotopic (exact) mass is 277 g/mol. The Morgan fingerprint density at radius 1 is 0.952 bits per heavy atom. The smallest absolute Gasteiger partial charge is 0.291 e. The second-order valence-electron chi connectivity index (χ2n) is 4.71. The van der Waals surface area contributed by atoms with Gasteiger partial charge in [0, 0.05) is 23.7 Å². The molecule has 104 valence electrons. The molecule has 0 spiro atoms. The lowest BCUT2D eigenvalue weighted by molar-refractivity contribution is -0.133. The number of carbonyl (C=O) groups is 2. The van der Waals surface area contributed by atoms with E-state index in [1.807, 2.05) is 31.2 Å². The fourth-order valence-electron chi connectivity index (χ4n) is 1.72. The summed E-state index contributed by atoms with van der Waals surface area (Å²) in [7, 11) is 0. The molecule has 1 amide bonds. The van der Waals surface area contributed by atoms with Crippen LogP contribution in [0.3, 0.4) is 0 Å². The molecule has 2 aromatic rings. The zero-order valence-corrected chi connectivity index (χ0v) is 11.9. The van der Waals surface area contributed by atoms with E-state index in [-0.39, 0.29) is 0 Å². The summed E-state index contributed by atoms with van der Waals surface area (Å²) in [5, 5.41) is 2.51. The molecule has 3 nitrogen and oxygen atoms in total. The molecule has 21 heavy (non-hydrogen) atoms. The van der Waals surface area contributed by atoms with Gasteiger partial charge in [0.1, 0.15) is 0 Å². The van der Waals surface area contributed by atoms with Crippen LogP contribution in [-0.4, -0.2) is 11.7 Å². The third-order valence-electron chi connectivity index (χ3n) is 2.83. The highest BCUT2D eigenvalue weighted by atomic mass is 16.2. The molecule has 0 saturated heterocycles. The predicted octanol–water partition coefficient (Wildman–Crippen LogP) is 2.92. The molecule has 0 aliphatic carbocycles. The van der Waals surface area contributed by atoms with Crippen LogP contribution >= 0.6 is 0 Å². The number of anilines is 1. The number of amides is 1. The number of Topliss-reactive ketones (excluding diaryl/α,β-unsaturated/α-hetero) is 1. The standard InChI is InChI=1S/C18H15NO2/c1-13-4-3-5-16(12-13)7-6-15-8-10-17(11-9-15)19-18(21)14(2)20/h3-5,8-12H,1-2H3,(H,19,21). The van der Waals surface area contributed by atoms with Crippen molar-refractivity contribution in [3.63, 3.8) is 0 Å². The third-order valence-corrected chi connectivity index (χ3v) is 2.83. The van der Waals surface area contributed by atoms with Crippen LogP contribution in [0, 0.1) is 18.8 Å². The summed E-state index contributed by atoms with van der Waals surface area (Å²) in [5.41, 5.74) is 3.56. The summed E-state index contributed by atoms with van der Waals surface area (Å²) in [6, 6.07) is 15.0. The highest BCUT2D eigenvalue weighted by molar-refractivity contribution is 6.39. The quantitative estimate of drug-likeness (QED) is 0.677. The van der Waals surface area contributed by atoms with Crippen molar-refractivity contribution in [1.82, 2.24) is 0 Å². The van der Waals surface area contributed by atoms with E-state index in [1.54, 1.807) is 24.3 Å². The van der Waals surface area contributed by atoms with Gasteiger partial charge in [0.15, 0.2) is 0 Å². The van der Waals surface area contributed by atoms with Crippen molar-refractivity contribution >= 4 is 17.4 Å². The van der Waals surface area contributed by atoms with Crippen molar-refractivity contribution in [2.24, 2.45) is 0 Å². The summed E-state index contributed by atoms with van der Waals surface area (Å²) in [6.07, 6.45) is 0. The van der Waals surface area contributed by atoms with E-state index in [9.17, 15) is 9.59 Å². The van der Waals surface area contributed by atoms with Crippen molar-refractivity contribution < 1.29 is 9.59 Å². The third kappa shape index (κ3) is 4.32. The van der Waals surface area contributed by atoms with E-state index in [2.05, 4.69) is 17.2 Å². The molecule has 0 aliphatic heterocycles. The van der Waals surface area contributed by atoms with Gasteiger partial charge >= 0.3 is 0 Å². The SMILES string of the molecule is CC(=O)C(=O)Nc1ccc(C#Cc2cccc(C)c2)cc1. The van der Waals surface area contributed by atoms with Gasteiger partial charge in [0.05, 0.1) is 0 Å². The van der Waals surface area contributed by atoms with Gasteiger partial charge in [0.25, 0.3) is 5.91 Å².